The number of para-hydroxylation sites is 1. The van der Waals surface area contributed by atoms with E-state index in [0.717, 1.165) is 16.9 Å². The highest BCUT2D eigenvalue weighted by Crippen LogP contribution is 2.25. The molecular weight excluding hydrogens is 382 g/mol. The van der Waals surface area contributed by atoms with Crippen LogP contribution in [0.25, 0.3) is 16.9 Å². The van der Waals surface area contributed by atoms with Crippen LogP contribution in [0.15, 0.2) is 78.5 Å². The Labute approximate surface area is 174 Å². The topological polar surface area (TPSA) is 82.5 Å². The number of anilines is 1. The first-order valence-corrected chi connectivity index (χ1v) is 9.65. The number of nitrogens with zero attached hydrogens (tertiary/aromatic N) is 2. The Morgan fingerprint density at radius 1 is 0.933 bits per heavy atom. The molecule has 0 aliphatic rings. The molecule has 0 bridgehead atoms. The van der Waals surface area contributed by atoms with Crippen LogP contribution in [0.4, 0.5) is 5.82 Å². The highest BCUT2D eigenvalue weighted by Gasteiger charge is 2.21. The SMILES string of the molecule is CCOC(=O)C(=CNc1cc(-c2ccccc2)nn1-c1ccccc1)C(=O)OCC. The molecule has 3 rings (SSSR count). The Hall–Kier alpha value is -3.87. The van der Waals surface area contributed by atoms with Gasteiger partial charge in [-0.3, -0.25) is 0 Å². The predicted octanol–water partition coefficient (Wildman–Crippen LogP) is 3.96. The van der Waals surface area contributed by atoms with Gasteiger partial charge in [-0.15, -0.1) is 0 Å². The summed E-state index contributed by atoms with van der Waals surface area (Å²) in [5, 5.41) is 7.70. The van der Waals surface area contributed by atoms with Crippen molar-refractivity contribution in [2.24, 2.45) is 0 Å². The Morgan fingerprint density at radius 2 is 1.50 bits per heavy atom. The molecule has 7 nitrogen and oxygen atoms in total. The van der Waals surface area contributed by atoms with Crippen molar-refractivity contribution in [1.29, 1.82) is 0 Å². The van der Waals surface area contributed by atoms with Crippen LogP contribution in [0.1, 0.15) is 13.8 Å². The van der Waals surface area contributed by atoms with Crippen molar-refractivity contribution in [3.63, 3.8) is 0 Å². The summed E-state index contributed by atoms with van der Waals surface area (Å²) >= 11 is 0. The molecule has 0 fully saturated rings. The van der Waals surface area contributed by atoms with Gasteiger partial charge in [-0.05, 0) is 26.0 Å². The van der Waals surface area contributed by atoms with E-state index in [1.54, 1.807) is 18.5 Å². The molecule has 0 unspecified atom stereocenters. The van der Waals surface area contributed by atoms with E-state index in [0.29, 0.717) is 5.82 Å². The average Bonchev–Trinajstić information content (AvgIpc) is 3.20. The number of rotatable bonds is 8. The first-order chi connectivity index (χ1) is 14.6. The van der Waals surface area contributed by atoms with Gasteiger partial charge in [0.2, 0.25) is 0 Å². The second kappa shape index (κ2) is 10.1. The average molecular weight is 405 g/mol. The summed E-state index contributed by atoms with van der Waals surface area (Å²) in [7, 11) is 0. The zero-order valence-electron chi connectivity index (χ0n) is 16.9. The minimum absolute atomic E-state index is 0.148. The lowest BCUT2D eigenvalue weighted by atomic mass is 10.1. The number of nitrogens with one attached hydrogen (secondary N) is 1. The largest absolute Gasteiger partial charge is 0.462 e. The number of hydrogen-bond donors (Lipinski definition) is 1. The Morgan fingerprint density at radius 3 is 2.07 bits per heavy atom. The molecule has 154 valence electrons. The van der Waals surface area contributed by atoms with Crippen molar-refractivity contribution in [2.45, 2.75) is 13.8 Å². The quantitative estimate of drug-likeness (QED) is 0.264. The van der Waals surface area contributed by atoms with Gasteiger partial charge >= 0.3 is 11.9 Å². The monoisotopic (exact) mass is 405 g/mol. The molecule has 0 saturated heterocycles. The molecule has 1 N–H and O–H groups in total. The number of hydrogen-bond acceptors (Lipinski definition) is 6. The van der Waals surface area contributed by atoms with E-state index in [1.807, 2.05) is 66.7 Å². The van der Waals surface area contributed by atoms with Crippen LogP contribution < -0.4 is 5.32 Å². The first kappa shape index (κ1) is 20.9. The van der Waals surface area contributed by atoms with Crippen molar-refractivity contribution in [3.8, 4) is 16.9 Å². The van der Waals surface area contributed by atoms with E-state index < -0.39 is 11.9 Å². The van der Waals surface area contributed by atoms with Gasteiger partial charge in [-0.1, -0.05) is 48.5 Å². The van der Waals surface area contributed by atoms with E-state index >= 15 is 0 Å². The van der Waals surface area contributed by atoms with Gasteiger partial charge in [-0.2, -0.15) is 5.10 Å². The van der Waals surface area contributed by atoms with E-state index in [-0.39, 0.29) is 18.8 Å². The molecule has 30 heavy (non-hydrogen) atoms. The molecule has 0 amide bonds. The van der Waals surface area contributed by atoms with Crippen molar-refractivity contribution in [1.82, 2.24) is 9.78 Å². The minimum Gasteiger partial charge on any atom is -0.462 e. The smallest absolute Gasteiger partial charge is 0.347 e. The second-order valence-electron chi connectivity index (χ2n) is 6.17. The third-order valence-corrected chi connectivity index (χ3v) is 4.13. The summed E-state index contributed by atoms with van der Waals surface area (Å²) in [6.07, 6.45) is 1.29. The van der Waals surface area contributed by atoms with Gasteiger partial charge in [0.15, 0.2) is 5.57 Å². The lowest BCUT2D eigenvalue weighted by molar-refractivity contribution is -0.146. The molecule has 1 heterocycles. The molecule has 0 aliphatic carbocycles. The van der Waals surface area contributed by atoms with E-state index in [2.05, 4.69) is 10.4 Å². The number of carbonyl (C=O) groups is 2. The lowest BCUT2D eigenvalue weighted by Crippen LogP contribution is -2.19. The normalized spacial score (nSPS) is 10.2. The maximum atomic E-state index is 12.2. The molecule has 0 aliphatic heterocycles. The number of aromatic nitrogens is 2. The highest BCUT2D eigenvalue weighted by atomic mass is 16.6. The Balaban J connectivity index is 2.00. The zero-order valence-corrected chi connectivity index (χ0v) is 16.9. The van der Waals surface area contributed by atoms with Crippen LogP contribution in [0.3, 0.4) is 0 Å². The fourth-order valence-electron chi connectivity index (χ4n) is 2.76. The van der Waals surface area contributed by atoms with E-state index in [1.165, 1.54) is 6.20 Å². The zero-order chi connectivity index (χ0) is 21.3. The molecule has 0 saturated carbocycles. The molecular formula is C23H23N3O4. The predicted molar refractivity (Wildman–Crippen MR) is 114 cm³/mol. The van der Waals surface area contributed by atoms with Gasteiger partial charge in [0.25, 0.3) is 0 Å². The van der Waals surface area contributed by atoms with Gasteiger partial charge in [0.1, 0.15) is 5.82 Å². The van der Waals surface area contributed by atoms with E-state index in [4.69, 9.17) is 9.47 Å². The molecule has 0 radical (unpaired) electrons. The number of esters is 2. The van der Waals surface area contributed by atoms with Crippen molar-refractivity contribution >= 4 is 17.8 Å². The number of ether oxygens (including phenoxy) is 2. The molecule has 0 atom stereocenters. The van der Waals surface area contributed by atoms with Crippen LogP contribution in [-0.2, 0) is 19.1 Å². The van der Waals surface area contributed by atoms with Crippen LogP contribution in [0.2, 0.25) is 0 Å². The maximum Gasteiger partial charge on any atom is 0.347 e. The Kier molecular flexibility index (Phi) is 7.00. The van der Waals surface area contributed by atoms with E-state index in [9.17, 15) is 9.59 Å². The summed E-state index contributed by atoms with van der Waals surface area (Å²) in [6, 6.07) is 21.1. The maximum absolute atomic E-state index is 12.2. The fraction of sp³-hybridized carbons (Fsp3) is 0.174. The van der Waals surface area contributed by atoms with Gasteiger partial charge < -0.3 is 14.8 Å². The van der Waals surface area contributed by atoms with Crippen molar-refractivity contribution in [3.05, 3.63) is 78.5 Å². The summed E-state index contributed by atoms with van der Waals surface area (Å²) < 4.78 is 11.7. The van der Waals surface area contributed by atoms with Crippen LogP contribution in [-0.4, -0.2) is 34.9 Å². The fourth-order valence-corrected chi connectivity index (χ4v) is 2.76. The Bertz CT molecular complexity index is 1010. The van der Waals surface area contributed by atoms with Crippen LogP contribution >= 0.6 is 0 Å². The summed E-state index contributed by atoms with van der Waals surface area (Å²) in [5.41, 5.74) is 2.28. The third-order valence-electron chi connectivity index (χ3n) is 4.13. The minimum atomic E-state index is -0.752. The second-order valence-corrected chi connectivity index (χ2v) is 6.17. The molecule has 7 heteroatoms. The first-order valence-electron chi connectivity index (χ1n) is 9.65. The molecule has 0 spiro atoms. The van der Waals surface area contributed by atoms with Gasteiger partial charge in [-0.25, -0.2) is 14.3 Å². The standard InChI is InChI=1S/C23H23N3O4/c1-3-29-22(27)19(23(28)30-4-2)16-24-21-15-20(17-11-7-5-8-12-17)25-26(21)18-13-9-6-10-14-18/h5-16,24H,3-4H2,1-2H3. The van der Waals surface area contributed by atoms with Gasteiger partial charge in [0.05, 0.1) is 24.6 Å². The number of carbonyl (C=O) groups excluding carboxylic acids is 2. The van der Waals surface area contributed by atoms with Crippen LogP contribution in [0, 0.1) is 0 Å². The third kappa shape index (κ3) is 4.94. The highest BCUT2D eigenvalue weighted by molar-refractivity contribution is 6.14. The van der Waals surface area contributed by atoms with Gasteiger partial charge in [0, 0.05) is 17.8 Å². The summed E-state index contributed by atoms with van der Waals surface area (Å²) in [4.78, 5) is 24.4. The summed E-state index contributed by atoms with van der Waals surface area (Å²) in [5.74, 6) is -0.929. The molecule has 3 aromatic rings. The molecule has 1 aromatic heterocycles. The number of benzene rings is 2. The van der Waals surface area contributed by atoms with Crippen molar-refractivity contribution in [2.75, 3.05) is 18.5 Å². The summed E-state index contributed by atoms with van der Waals surface area (Å²) in [6.45, 7) is 3.64. The van der Waals surface area contributed by atoms with Crippen molar-refractivity contribution < 1.29 is 19.1 Å². The van der Waals surface area contributed by atoms with Crippen LogP contribution in [0.5, 0.6) is 0 Å². The lowest BCUT2D eigenvalue weighted by Gasteiger charge is -2.09. The molecule has 2 aromatic carbocycles.